The maximum Gasteiger partial charge on any atom is 0.405 e. The van der Waals surface area contributed by atoms with Crippen LogP contribution in [-0.2, 0) is 4.74 Å². The van der Waals surface area contributed by atoms with Gasteiger partial charge in [0, 0.05) is 17.8 Å². The molecule has 0 spiro atoms. The number of rotatable bonds is 5. The fourth-order valence-corrected chi connectivity index (χ4v) is 3.92. The van der Waals surface area contributed by atoms with E-state index in [1.165, 1.54) is 0 Å². The number of carbonyl (C=O) groups is 1. The highest BCUT2D eigenvalue weighted by Gasteiger charge is 2.22. The second kappa shape index (κ2) is 7.59. The number of amides is 1. The van der Waals surface area contributed by atoms with Crippen molar-refractivity contribution in [3.05, 3.63) is 48.0 Å². The molecule has 5 nitrogen and oxygen atoms in total. The van der Waals surface area contributed by atoms with Crippen LogP contribution in [0.4, 0.5) is 4.79 Å². The van der Waals surface area contributed by atoms with Gasteiger partial charge < -0.3 is 19.9 Å². The van der Waals surface area contributed by atoms with E-state index in [-0.39, 0.29) is 12.8 Å². The lowest BCUT2D eigenvalue weighted by atomic mass is 9.99. The predicted octanol–water partition coefficient (Wildman–Crippen LogP) is 4.14. The lowest BCUT2D eigenvalue weighted by Gasteiger charge is -2.25. The van der Waals surface area contributed by atoms with Gasteiger partial charge in [-0.25, -0.2) is 4.79 Å². The molecule has 2 aromatic rings. The van der Waals surface area contributed by atoms with Crippen molar-refractivity contribution in [2.75, 3.05) is 19.7 Å². The Hall–Kier alpha value is -2.18. The maximum atomic E-state index is 10.9. The van der Waals surface area contributed by atoms with Crippen LogP contribution >= 0.6 is 11.8 Å². The van der Waals surface area contributed by atoms with Gasteiger partial charge in [0.05, 0.1) is 6.04 Å². The third-order valence-electron chi connectivity index (χ3n) is 3.86. The van der Waals surface area contributed by atoms with Gasteiger partial charge in [0.1, 0.15) is 5.75 Å². The first kappa shape index (κ1) is 16.7. The van der Waals surface area contributed by atoms with Crippen LogP contribution in [0.15, 0.2) is 47.4 Å². The van der Waals surface area contributed by atoms with E-state index >= 15 is 0 Å². The van der Waals surface area contributed by atoms with E-state index in [0.29, 0.717) is 0 Å². The highest BCUT2D eigenvalue weighted by molar-refractivity contribution is 7.99. The Kier molecular flexibility index (Phi) is 5.27. The van der Waals surface area contributed by atoms with Crippen LogP contribution in [0.5, 0.6) is 5.75 Å². The van der Waals surface area contributed by atoms with E-state index in [4.69, 9.17) is 14.6 Å². The molecule has 0 saturated carbocycles. The van der Waals surface area contributed by atoms with Gasteiger partial charge in [0.15, 0.2) is 6.79 Å². The average molecular weight is 345 g/mol. The van der Waals surface area contributed by atoms with Crippen LogP contribution < -0.4 is 10.1 Å². The molecule has 24 heavy (non-hydrogen) atoms. The van der Waals surface area contributed by atoms with Gasteiger partial charge in [0.2, 0.25) is 0 Å². The number of fused-ring (bicyclic) bond motifs is 1. The Morgan fingerprint density at radius 2 is 2.12 bits per heavy atom. The number of carboxylic acid groups (broad SMARTS) is 1. The summed E-state index contributed by atoms with van der Waals surface area (Å²) in [6.45, 7) is 0.214. The molecule has 1 atom stereocenters. The molecule has 126 valence electrons. The van der Waals surface area contributed by atoms with E-state index in [2.05, 4.69) is 11.4 Å². The smallest absolute Gasteiger partial charge is 0.405 e. The summed E-state index contributed by atoms with van der Waals surface area (Å²) in [7, 11) is 1.59. The SMILES string of the molecule is COCOc1cccc(-c2ccc3c(c2)SCCC3NC(=O)O)c1. The van der Waals surface area contributed by atoms with Crippen molar-refractivity contribution >= 4 is 17.9 Å². The number of nitrogens with one attached hydrogen (secondary N) is 1. The Morgan fingerprint density at radius 3 is 2.92 bits per heavy atom. The standard InChI is InChI=1S/C18H19NO4S/c1-22-11-23-14-4-2-3-12(9-14)13-5-6-15-16(19-18(20)21)7-8-24-17(15)10-13/h2-6,9-10,16,19H,7-8,11H2,1H3,(H,20,21). The summed E-state index contributed by atoms with van der Waals surface area (Å²) >= 11 is 1.76. The molecule has 1 unspecified atom stereocenters. The Balaban J connectivity index is 1.87. The Morgan fingerprint density at radius 1 is 1.29 bits per heavy atom. The highest BCUT2D eigenvalue weighted by atomic mass is 32.2. The average Bonchev–Trinajstić information content (AvgIpc) is 2.59. The third kappa shape index (κ3) is 3.83. The van der Waals surface area contributed by atoms with E-state index in [1.807, 2.05) is 36.4 Å². The zero-order valence-electron chi connectivity index (χ0n) is 13.3. The summed E-state index contributed by atoms with van der Waals surface area (Å²) in [6, 6.07) is 13.9. The molecule has 2 N–H and O–H groups in total. The molecule has 2 aromatic carbocycles. The molecule has 1 amide bonds. The molecule has 0 radical (unpaired) electrons. The van der Waals surface area contributed by atoms with Gasteiger partial charge in [-0.3, -0.25) is 0 Å². The second-order valence-corrected chi connectivity index (χ2v) is 6.61. The van der Waals surface area contributed by atoms with Gasteiger partial charge in [-0.2, -0.15) is 0 Å². The lowest BCUT2D eigenvalue weighted by molar-refractivity contribution is 0.0511. The maximum absolute atomic E-state index is 10.9. The first-order valence-electron chi connectivity index (χ1n) is 7.66. The summed E-state index contributed by atoms with van der Waals surface area (Å²) in [4.78, 5) is 12.1. The summed E-state index contributed by atoms with van der Waals surface area (Å²) in [5, 5.41) is 11.6. The molecule has 6 heteroatoms. The van der Waals surface area contributed by atoms with Crippen molar-refractivity contribution in [1.82, 2.24) is 5.32 Å². The monoisotopic (exact) mass is 345 g/mol. The van der Waals surface area contributed by atoms with E-state index in [9.17, 15) is 4.79 Å². The normalized spacial score (nSPS) is 16.3. The fraction of sp³-hybridized carbons (Fsp3) is 0.278. The second-order valence-electron chi connectivity index (χ2n) is 5.47. The molecular weight excluding hydrogens is 326 g/mol. The van der Waals surface area contributed by atoms with Crippen LogP contribution in [0.1, 0.15) is 18.0 Å². The van der Waals surface area contributed by atoms with Crippen molar-refractivity contribution in [2.24, 2.45) is 0 Å². The minimum absolute atomic E-state index is 0.135. The molecule has 1 aliphatic heterocycles. The Labute approximate surface area is 145 Å². The largest absolute Gasteiger partial charge is 0.468 e. The molecule has 1 heterocycles. The van der Waals surface area contributed by atoms with E-state index < -0.39 is 6.09 Å². The zero-order valence-corrected chi connectivity index (χ0v) is 14.1. The van der Waals surface area contributed by atoms with Crippen LogP contribution in [-0.4, -0.2) is 30.9 Å². The minimum atomic E-state index is -0.982. The molecular formula is C18H19NO4S. The number of benzene rings is 2. The van der Waals surface area contributed by atoms with Crippen LogP contribution in [0.2, 0.25) is 0 Å². The first-order valence-corrected chi connectivity index (χ1v) is 8.64. The summed E-state index contributed by atoms with van der Waals surface area (Å²) in [5.74, 6) is 1.66. The number of ether oxygens (including phenoxy) is 2. The van der Waals surface area contributed by atoms with Crippen molar-refractivity contribution < 1.29 is 19.4 Å². The zero-order chi connectivity index (χ0) is 16.9. The summed E-state index contributed by atoms with van der Waals surface area (Å²) < 4.78 is 10.4. The number of hydrogen-bond acceptors (Lipinski definition) is 4. The van der Waals surface area contributed by atoms with Crippen LogP contribution in [0.3, 0.4) is 0 Å². The van der Waals surface area contributed by atoms with Gasteiger partial charge in [-0.05, 0) is 41.3 Å². The lowest BCUT2D eigenvalue weighted by Crippen LogP contribution is -2.29. The van der Waals surface area contributed by atoms with Crippen LogP contribution in [0.25, 0.3) is 11.1 Å². The first-order chi connectivity index (χ1) is 11.7. The number of methoxy groups -OCH3 is 1. The topological polar surface area (TPSA) is 67.8 Å². The van der Waals surface area contributed by atoms with Gasteiger partial charge in [-0.15, -0.1) is 11.8 Å². The highest BCUT2D eigenvalue weighted by Crippen LogP contribution is 2.38. The van der Waals surface area contributed by atoms with Gasteiger partial charge in [0.25, 0.3) is 0 Å². The molecule has 0 saturated heterocycles. The predicted molar refractivity (Wildman–Crippen MR) is 93.6 cm³/mol. The molecule has 1 aliphatic rings. The van der Waals surface area contributed by atoms with Crippen LogP contribution in [0, 0.1) is 0 Å². The number of hydrogen-bond donors (Lipinski definition) is 2. The summed E-state index contributed by atoms with van der Waals surface area (Å²) in [5.41, 5.74) is 3.18. The minimum Gasteiger partial charge on any atom is -0.468 e. The van der Waals surface area contributed by atoms with E-state index in [0.717, 1.165) is 39.5 Å². The van der Waals surface area contributed by atoms with Gasteiger partial charge >= 0.3 is 6.09 Å². The molecule has 0 fully saturated rings. The van der Waals surface area contributed by atoms with Crippen molar-refractivity contribution in [3.63, 3.8) is 0 Å². The fourth-order valence-electron chi connectivity index (χ4n) is 2.76. The molecule has 0 aromatic heterocycles. The van der Waals surface area contributed by atoms with Gasteiger partial charge in [-0.1, -0.05) is 24.3 Å². The Bertz CT molecular complexity index is 735. The van der Waals surface area contributed by atoms with E-state index in [1.54, 1.807) is 18.9 Å². The molecule has 3 rings (SSSR count). The molecule has 0 bridgehead atoms. The van der Waals surface area contributed by atoms with Crippen molar-refractivity contribution in [3.8, 4) is 16.9 Å². The quantitative estimate of drug-likeness (QED) is 0.797. The number of thioether (sulfide) groups is 1. The summed E-state index contributed by atoms with van der Waals surface area (Å²) in [6.07, 6.45) is -0.172. The van der Waals surface area contributed by atoms with Crippen molar-refractivity contribution in [1.29, 1.82) is 0 Å². The molecule has 0 aliphatic carbocycles. The van der Waals surface area contributed by atoms with Crippen molar-refractivity contribution in [2.45, 2.75) is 17.4 Å². The third-order valence-corrected chi connectivity index (χ3v) is 4.97.